The minimum Gasteiger partial charge on any atom is -0.389 e. The molecule has 2 aliphatic rings. The average molecular weight is 471 g/mol. The van der Waals surface area contributed by atoms with Crippen molar-refractivity contribution in [2.75, 3.05) is 6.54 Å². The molecule has 2 aromatic rings. The topological polar surface area (TPSA) is 103 Å². The van der Waals surface area contributed by atoms with Crippen molar-refractivity contribution in [3.05, 3.63) is 46.2 Å². The van der Waals surface area contributed by atoms with E-state index in [0.29, 0.717) is 30.1 Å². The first-order chi connectivity index (χ1) is 15.6. The molecule has 9 heteroatoms. The van der Waals surface area contributed by atoms with Gasteiger partial charge < -0.3 is 10.2 Å². The van der Waals surface area contributed by atoms with Crippen molar-refractivity contribution < 1.29 is 19.2 Å². The summed E-state index contributed by atoms with van der Waals surface area (Å²) in [5, 5.41) is 11.4. The number of Topliss-reactive ketones (excluding diaryl/α,β-unsaturated/α-hetero) is 2. The Labute approximate surface area is 197 Å². The zero-order valence-electron chi connectivity index (χ0n) is 19.1. The molecule has 2 atom stereocenters. The fourth-order valence-electron chi connectivity index (χ4n) is 4.61. The van der Waals surface area contributed by atoms with E-state index >= 15 is 0 Å². The van der Waals surface area contributed by atoms with Crippen LogP contribution in [0.2, 0.25) is 5.02 Å². The highest BCUT2D eigenvalue weighted by Gasteiger charge is 2.43. The standard InChI is InChI=1S/C24H27ClN4O4/c1-13-7-17(29-12-16(25)11-27-29)8-14(2)20(13)21-19(30)9-15(22(21)31)5-6-26-23(32)18-10-24(3,4)33-28-18/h7-8,11-12,15,21H,5-6,9-10H2,1-4H3,(H,26,32). The van der Waals surface area contributed by atoms with Gasteiger partial charge in [0.1, 0.15) is 23.0 Å². The molecule has 4 rings (SSSR count). The second-order valence-electron chi connectivity index (χ2n) is 9.41. The first kappa shape index (κ1) is 23.2. The molecule has 2 heterocycles. The van der Waals surface area contributed by atoms with E-state index < -0.39 is 17.4 Å². The van der Waals surface area contributed by atoms with Gasteiger partial charge in [0.05, 0.1) is 16.9 Å². The number of nitrogens with one attached hydrogen (secondary N) is 1. The van der Waals surface area contributed by atoms with E-state index in [1.54, 1.807) is 17.1 Å². The van der Waals surface area contributed by atoms with E-state index in [1.165, 1.54) is 0 Å². The molecule has 0 saturated heterocycles. The van der Waals surface area contributed by atoms with E-state index in [1.807, 2.05) is 39.8 Å². The van der Waals surface area contributed by atoms with E-state index in [9.17, 15) is 14.4 Å². The maximum Gasteiger partial charge on any atom is 0.269 e. The minimum atomic E-state index is -0.769. The molecule has 0 spiro atoms. The molecule has 1 aliphatic heterocycles. The number of halogens is 1. The molecule has 1 aromatic heterocycles. The number of nitrogens with zero attached hydrogens (tertiary/aromatic N) is 3. The summed E-state index contributed by atoms with van der Waals surface area (Å²) in [6, 6.07) is 3.82. The lowest BCUT2D eigenvalue weighted by atomic mass is 9.87. The molecule has 1 amide bonds. The van der Waals surface area contributed by atoms with Crippen LogP contribution in [-0.4, -0.2) is 45.1 Å². The van der Waals surface area contributed by atoms with Gasteiger partial charge in [-0.15, -0.1) is 0 Å². The summed E-state index contributed by atoms with van der Waals surface area (Å²) in [5.41, 5.74) is 3.16. The molecule has 0 bridgehead atoms. The van der Waals surface area contributed by atoms with Crippen molar-refractivity contribution in [3.8, 4) is 5.69 Å². The van der Waals surface area contributed by atoms with Crippen LogP contribution in [0.3, 0.4) is 0 Å². The van der Waals surface area contributed by atoms with Crippen molar-refractivity contribution in [3.63, 3.8) is 0 Å². The number of ketones is 2. The highest BCUT2D eigenvalue weighted by molar-refractivity contribution is 6.39. The number of rotatable bonds is 6. The molecule has 1 fully saturated rings. The quantitative estimate of drug-likeness (QED) is 0.651. The minimum absolute atomic E-state index is 0.0762. The van der Waals surface area contributed by atoms with Crippen LogP contribution in [-0.2, 0) is 19.2 Å². The normalized spacial score (nSPS) is 21.8. The number of carbonyl (C=O) groups excluding carboxylic acids is 3. The van der Waals surface area contributed by atoms with Gasteiger partial charge in [0.25, 0.3) is 5.91 Å². The molecule has 1 aliphatic carbocycles. The van der Waals surface area contributed by atoms with Crippen molar-refractivity contribution in [1.29, 1.82) is 0 Å². The van der Waals surface area contributed by atoms with Crippen LogP contribution in [0.1, 0.15) is 55.7 Å². The van der Waals surface area contributed by atoms with Crippen molar-refractivity contribution in [2.24, 2.45) is 11.1 Å². The van der Waals surface area contributed by atoms with Crippen LogP contribution in [0, 0.1) is 19.8 Å². The lowest BCUT2D eigenvalue weighted by Crippen LogP contribution is -2.34. The Balaban J connectivity index is 1.42. The maximum atomic E-state index is 13.2. The predicted molar refractivity (Wildman–Crippen MR) is 124 cm³/mol. The van der Waals surface area contributed by atoms with Gasteiger partial charge in [0, 0.05) is 31.5 Å². The van der Waals surface area contributed by atoms with Gasteiger partial charge in [-0.2, -0.15) is 5.10 Å². The molecule has 33 heavy (non-hydrogen) atoms. The summed E-state index contributed by atoms with van der Waals surface area (Å²) in [5.74, 6) is -1.64. The monoisotopic (exact) mass is 470 g/mol. The van der Waals surface area contributed by atoms with Gasteiger partial charge in [-0.3, -0.25) is 14.4 Å². The number of oxime groups is 1. The van der Waals surface area contributed by atoms with Crippen molar-refractivity contribution in [2.45, 2.75) is 58.5 Å². The van der Waals surface area contributed by atoms with Crippen LogP contribution < -0.4 is 5.32 Å². The van der Waals surface area contributed by atoms with E-state index in [-0.39, 0.29) is 23.9 Å². The SMILES string of the molecule is Cc1cc(-n2cc(Cl)cn2)cc(C)c1C1C(=O)CC(CCNC(=O)C2=NOC(C)(C)C2)C1=O. The van der Waals surface area contributed by atoms with Crippen LogP contribution in [0.15, 0.2) is 29.7 Å². The summed E-state index contributed by atoms with van der Waals surface area (Å²) < 4.78 is 1.66. The summed E-state index contributed by atoms with van der Waals surface area (Å²) in [6.07, 6.45) is 4.29. The molecule has 8 nitrogen and oxygen atoms in total. The first-order valence-corrected chi connectivity index (χ1v) is 11.3. The first-order valence-electron chi connectivity index (χ1n) is 11.0. The second-order valence-corrected chi connectivity index (χ2v) is 9.85. The molecular formula is C24H27ClN4O4. The van der Waals surface area contributed by atoms with Gasteiger partial charge in [-0.1, -0.05) is 16.8 Å². The Bertz CT molecular complexity index is 1140. The summed E-state index contributed by atoms with van der Waals surface area (Å²) in [4.78, 5) is 43.6. The Morgan fingerprint density at radius 2 is 1.97 bits per heavy atom. The third-order valence-electron chi connectivity index (χ3n) is 6.18. The number of hydrogen-bond donors (Lipinski definition) is 1. The van der Waals surface area contributed by atoms with E-state index in [2.05, 4.69) is 15.6 Å². The lowest BCUT2D eigenvalue weighted by molar-refractivity contribution is -0.125. The number of carbonyl (C=O) groups is 3. The fraction of sp³-hybridized carbons (Fsp3) is 0.458. The molecule has 1 aromatic carbocycles. The molecule has 1 saturated carbocycles. The lowest BCUT2D eigenvalue weighted by Gasteiger charge is -2.17. The highest BCUT2D eigenvalue weighted by atomic mass is 35.5. The molecule has 0 radical (unpaired) electrons. The average Bonchev–Trinajstić information content (AvgIpc) is 3.40. The number of benzene rings is 1. The largest absolute Gasteiger partial charge is 0.389 e. The second kappa shape index (κ2) is 8.74. The Morgan fingerprint density at radius 3 is 2.55 bits per heavy atom. The molecule has 2 unspecified atom stereocenters. The van der Waals surface area contributed by atoms with E-state index in [4.69, 9.17) is 16.4 Å². The van der Waals surface area contributed by atoms with Gasteiger partial charge >= 0.3 is 0 Å². The third-order valence-corrected chi connectivity index (χ3v) is 6.37. The Kier molecular flexibility index (Phi) is 6.14. The van der Waals surface area contributed by atoms with Gasteiger partial charge in [-0.05, 0) is 62.9 Å². The van der Waals surface area contributed by atoms with Gasteiger partial charge in [0.2, 0.25) is 0 Å². The zero-order valence-corrected chi connectivity index (χ0v) is 19.9. The van der Waals surface area contributed by atoms with Gasteiger partial charge in [-0.25, -0.2) is 4.68 Å². The Hall–Kier alpha value is -3.00. The fourth-order valence-corrected chi connectivity index (χ4v) is 4.75. The van der Waals surface area contributed by atoms with Crippen molar-refractivity contribution >= 4 is 34.8 Å². The van der Waals surface area contributed by atoms with Crippen LogP contribution in [0.5, 0.6) is 0 Å². The number of aryl methyl sites for hydroxylation is 2. The molecular weight excluding hydrogens is 444 g/mol. The van der Waals surface area contributed by atoms with Crippen LogP contribution in [0.4, 0.5) is 0 Å². The summed E-state index contributed by atoms with van der Waals surface area (Å²) in [6.45, 7) is 7.82. The van der Waals surface area contributed by atoms with Gasteiger partial charge in [0.15, 0.2) is 5.78 Å². The molecule has 1 N–H and O–H groups in total. The number of hydrogen-bond acceptors (Lipinski definition) is 6. The summed E-state index contributed by atoms with van der Waals surface area (Å²) >= 11 is 5.98. The highest BCUT2D eigenvalue weighted by Crippen LogP contribution is 2.37. The Morgan fingerprint density at radius 1 is 1.27 bits per heavy atom. The van der Waals surface area contributed by atoms with E-state index in [0.717, 1.165) is 22.4 Å². The number of aromatic nitrogens is 2. The van der Waals surface area contributed by atoms with Crippen molar-refractivity contribution in [1.82, 2.24) is 15.1 Å². The number of amides is 1. The predicted octanol–water partition coefficient (Wildman–Crippen LogP) is 3.45. The van der Waals surface area contributed by atoms with Crippen LogP contribution in [0.25, 0.3) is 5.69 Å². The van der Waals surface area contributed by atoms with Crippen LogP contribution >= 0.6 is 11.6 Å². The zero-order chi connectivity index (χ0) is 23.9. The summed E-state index contributed by atoms with van der Waals surface area (Å²) in [7, 11) is 0. The maximum absolute atomic E-state index is 13.2. The molecule has 174 valence electrons. The smallest absolute Gasteiger partial charge is 0.269 e. The third kappa shape index (κ3) is 4.71.